The van der Waals surface area contributed by atoms with E-state index in [1.165, 1.54) is 36.0 Å². The summed E-state index contributed by atoms with van der Waals surface area (Å²) in [4.78, 5) is 0. The van der Waals surface area contributed by atoms with E-state index < -0.39 is 0 Å². The van der Waals surface area contributed by atoms with Gasteiger partial charge in [-0.15, -0.1) is 0 Å². The molecule has 0 N–H and O–H groups in total. The first-order valence-electron chi connectivity index (χ1n) is 8.29. The topological polar surface area (TPSA) is 9.23 Å². The van der Waals surface area contributed by atoms with Gasteiger partial charge in [-0.25, -0.2) is 0 Å². The highest BCUT2D eigenvalue weighted by Crippen LogP contribution is 2.37. The smallest absolute Gasteiger partial charge is 0.133 e. The highest BCUT2D eigenvalue weighted by Gasteiger charge is 2.17. The number of halogens is 1. The maximum absolute atomic E-state index is 5.98. The van der Waals surface area contributed by atoms with Crippen LogP contribution in [-0.2, 0) is 6.42 Å². The van der Waals surface area contributed by atoms with Crippen LogP contribution in [0.5, 0.6) is 5.75 Å². The van der Waals surface area contributed by atoms with E-state index in [0.29, 0.717) is 5.92 Å². The summed E-state index contributed by atoms with van der Waals surface area (Å²) in [5.74, 6) is 1.59. The summed E-state index contributed by atoms with van der Waals surface area (Å²) >= 11 is 3.68. The van der Waals surface area contributed by atoms with Gasteiger partial charge in [-0.3, -0.25) is 0 Å². The molecule has 0 fully saturated rings. The lowest BCUT2D eigenvalue weighted by molar-refractivity contribution is 0.303. The molecule has 0 amide bonds. The molecule has 1 aliphatic rings. The molecular weight excluding hydrogens is 324 g/mol. The maximum Gasteiger partial charge on any atom is 0.133 e. The molecule has 0 radical (unpaired) electrons. The Hall–Kier alpha value is -0.760. The van der Waals surface area contributed by atoms with Gasteiger partial charge in [0.1, 0.15) is 5.75 Å². The Labute approximate surface area is 137 Å². The van der Waals surface area contributed by atoms with Crippen LogP contribution in [0.1, 0.15) is 64.0 Å². The van der Waals surface area contributed by atoms with E-state index >= 15 is 0 Å². The molecule has 0 bridgehead atoms. The normalized spacial score (nSPS) is 14.0. The summed E-state index contributed by atoms with van der Waals surface area (Å²) in [6.07, 6.45) is 9.66. The van der Waals surface area contributed by atoms with E-state index in [1.807, 2.05) is 0 Å². The number of benzene rings is 1. The Morgan fingerprint density at radius 1 is 1.19 bits per heavy atom. The molecule has 0 spiro atoms. The Morgan fingerprint density at radius 3 is 2.71 bits per heavy atom. The zero-order valence-corrected chi connectivity index (χ0v) is 15.1. The molecule has 0 aliphatic heterocycles. The second-order valence-corrected chi connectivity index (χ2v) is 7.06. The number of hydrogen-bond donors (Lipinski definition) is 0. The van der Waals surface area contributed by atoms with Crippen LogP contribution in [0.15, 0.2) is 22.7 Å². The van der Waals surface area contributed by atoms with Crippen LogP contribution in [0.25, 0.3) is 5.57 Å². The number of allylic oxidation sites excluding steroid dienone is 2. The minimum Gasteiger partial charge on any atom is -0.492 e. The average Bonchev–Trinajstić information content (AvgIpc) is 2.46. The summed E-state index contributed by atoms with van der Waals surface area (Å²) in [6, 6.07) is 4.50. The fraction of sp³-hybridized carbons (Fsp3) is 0.579. The zero-order valence-electron chi connectivity index (χ0n) is 13.5. The first kappa shape index (κ1) is 16.6. The van der Waals surface area contributed by atoms with Gasteiger partial charge >= 0.3 is 0 Å². The monoisotopic (exact) mass is 350 g/mol. The minimum atomic E-state index is 0.580. The van der Waals surface area contributed by atoms with Crippen molar-refractivity contribution in [3.05, 3.63) is 33.8 Å². The molecule has 1 nitrogen and oxygen atoms in total. The molecule has 2 heteroatoms. The summed E-state index contributed by atoms with van der Waals surface area (Å²) in [7, 11) is 0. The molecule has 2 rings (SSSR count). The third-order valence-corrected chi connectivity index (χ3v) is 4.74. The molecular formula is C19H27BrO. The van der Waals surface area contributed by atoms with E-state index in [4.69, 9.17) is 4.74 Å². The number of fused-ring (bicyclic) bond motifs is 1. The number of aryl methyl sites for hydroxylation is 1. The molecule has 0 unspecified atom stereocenters. The maximum atomic E-state index is 5.98. The van der Waals surface area contributed by atoms with Gasteiger partial charge in [0, 0.05) is 0 Å². The number of ether oxygens (including phenoxy) is 1. The Balaban J connectivity index is 2.07. The molecule has 0 saturated carbocycles. The lowest BCUT2D eigenvalue weighted by atomic mass is 9.85. The van der Waals surface area contributed by atoms with Crippen molar-refractivity contribution in [3.8, 4) is 5.75 Å². The molecule has 116 valence electrons. The van der Waals surface area contributed by atoms with Gasteiger partial charge in [-0.1, -0.05) is 46.1 Å². The molecule has 1 aliphatic carbocycles. The molecule has 0 aromatic heterocycles. The van der Waals surface area contributed by atoms with E-state index in [1.54, 1.807) is 0 Å². The zero-order chi connectivity index (χ0) is 15.2. The number of hydrogen-bond acceptors (Lipinski definition) is 1. The van der Waals surface area contributed by atoms with Gasteiger partial charge < -0.3 is 4.74 Å². The SMILES string of the molecule is CCCCCCOc1cc2c(cc1Br)C(C(C)C)=CCC2. The van der Waals surface area contributed by atoms with E-state index in [0.717, 1.165) is 36.1 Å². The van der Waals surface area contributed by atoms with Crippen LogP contribution in [0.4, 0.5) is 0 Å². The van der Waals surface area contributed by atoms with Crippen molar-refractivity contribution in [3.63, 3.8) is 0 Å². The second-order valence-electron chi connectivity index (χ2n) is 6.20. The Kier molecular flexibility index (Phi) is 6.35. The second kappa shape index (κ2) is 8.03. The van der Waals surface area contributed by atoms with Crippen molar-refractivity contribution >= 4 is 21.5 Å². The average molecular weight is 351 g/mol. The lowest BCUT2D eigenvalue weighted by Gasteiger charge is -2.22. The summed E-state index contributed by atoms with van der Waals surface area (Å²) < 4.78 is 7.07. The van der Waals surface area contributed by atoms with Crippen LogP contribution >= 0.6 is 15.9 Å². The largest absolute Gasteiger partial charge is 0.492 e. The molecule has 0 atom stereocenters. The van der Waals surface area contributed by atoms with E-state index in [2.05, 4.69) is 54.9 Å². The van der Waals surface area contributed by atoms with Crippen LogP contribution in [-0.4, -0.2) is 6.61 Å². The number of rotatable bonds is 7. The van der Waals surface area contributed by atoms with Gasteiger partial charge in [0.05, 0.1) is 11.1 Å². The lowest BCUT2D eigenvalue weighted by Crippen LogP contribution is -2.06. The van der Waals surface area contributed by atoms with Crippen molar-refractivity contribution < 1.29 is 4.74 Å². The van der Waals surface area contributed by atoms with Gasteiger partial charge in [-0.05, 0) is 69.9 Å². The third-order valence-electron chi connectivity index (χ3n) is 4.12. The van der Waals surface area contributed by atoms with Gasteiger partial charge in [0.15, 0.2) is 0 Å². The minimum absolute atomic E-state index is 0.580. The molecule has 0 saturated heterocycles. The molecule has 0 heterocycles. The summed E-state index contributed by atoms with van der Waals surface area (Å²) in [6.45, 7) is 7.60. The summed E-state index contributed by atoms with van der Waals surface area (Å²) in [5.41, 5.74) is 4.32. The fourth-order valence-corrected chi connectivity index (χ4v) is 3.39. The van der Waals surface area contributed by atoms with E-state index in [9.17, 15) is 0 Å². The van der Waals surface area contributed by atoms with Crippen molar-refractivity contribution in [2.75, 3.05) is 6.61 Å². The third kappa shape index (κ3) is 4.35. The Bertz CT molecular complexity index is 503. The van der Waals surface area contributed by atoms with E-state index in [-0.39, 0.29) is 0 Å². The highest BCUT2D eigenvalue weighted by atomic mass is 79.9. The van der Waals surface area contributed by atoms with Crippen LogP contribution < -0.4 is 4.74 Å². The number of unbranched alkanes of at least 4 members (excludes halogenated alkanes) is 3. The molecule has 1 aromatic carbocycles. The standard InChI is InChI=1S/C19H27BrO/c1-4-5-6-7-11-21-19-12-15-9-8-10-16(14(2)3)17(15)13-18(19)20/h10,12-14H,4-9,11H2,1-3H3. The Morgan fingerprint density at radius 2 is 2.00 bits per heavy atom. The van der Waals surface area contributed by atoms with Crippen molar-refractivity contribution in [2.24, 2.45) is 5.92 Å². The van der Waals surface area contributed by atoms with Crippen LogP contribution in [0.2, 0.25) is 0 Å². The summed E-state index contributed by atoms with van der Waals surface area (Å²) in [5, 5.41) is 0. The van der Waals surface area contributed by atoms with Crippen LogP contribution in [0, 0.1) is 5.92 Å². The van der Waals surface area contributed by atoms with Gasteiger partial charge in [0.2, 0.25) is 0 Å². The molecule has 21 heavy (non-hydrogen) atoms. The molecule has 1 aromatic rings. The van der Waals surface area contributed by atoms with Gasteiger partial charge in [0.25, 0.3) is 0 Å². The van der Waals surface area contributed by atoms with Gasteiger partial charge in [-0.2, -0.15) is 0 Å². The predicted molar refractivity (Wildman–Crippen MR) is 94.9 cm³/mol. The highest BCUT2D eigenvalue weighted by molar-refractivity contribution is 9.10. The first-order valence-corrected chi connectivity index (χ1v) is 9.08. The fourth-order valence-electron chi connectivity index (χ4n) is 2.93. The van der Waals surface area contributed by atoms with Crippen molar-refractivity contribution in [1.82, 2.24) is 0 Å². The predicted octanol–water partition coefficient (Wildman–Crippen LogP) is 6.39. The van der Waals surface area contributed by atoms with Crippen LogP contribution in [0.3, 0.4) is 0 Å². The first-order chi connectivity index (χ1) is 10.1. The van der Waals surface area contributed by atoms with Crippen molar-refractivity contribution in [1.29, 1.82) is 0 Å². The quantitative estimate of drug-likeness (QED) is 0.517. The van der Waals surface area contributed by atoms with Crippen molar-refractivity contribution in [2.45, 2.75) is 59.3 Å².